The molecule has 58 valence electrons. The average molecular weight is 152 g/mol. The van der Waals surface area contributed by atoms with Gasteiger partial charge in [-0.1, -0.05) is 0 Å². The van der Waals surface area contributed by atoms with E-state index in [0.29, 0.717) is 6.01 Å². The van der Waals surface area contributed by atoms with Crippen molar-refractivity contribution in [3.8, 4) is 6.01 Å². The van der Waals surface area contributed by atoms with Crippen molar-refractivity contribution in [3.63, 3.8) is 0 Å². The fourth-order valence-electron chi connectivity index (χ4n) is 1.14. The molecule has 0 unspecified atom stereocenters. The molecule has 0 amide bonds. The Bertz CT molecular complexity index is 331. The fourth-order valence-corrected chi connectivity index (χ4v) is 1.14. The highest BCUT2D eigenvalue weighted by Gasteiger charge is 2.17. The maximum Gasteiger partial charge on any atom is 0.300 e. The Hall–Kier alpha value is -1.32. The Morgan fingerprint density at radius 2 is 2.64 bits per heavy atom. The van der Waals surface area contributed by atoms with Gasteiger partial charge in [-0.2, -0.15) is 4.98 Å². The Labute approximate surface area is 63.4 Å². The summed E-state index contributed by atoms with van der Waals surface area (Å²) in [6.45, 7) is 2.72. The van der Waals surface area contributed by atoms with Crippen molar-refractivity contribution < 1.29 is 4.74 Å². The van der Waals surface area contributed by atoms with E-state index in [1.165, 1.54) is 6.07 Å². The predicted octanol–water partition coefficient (Wildman–Crippen LogP) is 0.0242. The lowest BCUT2D eigenvalue weighted by atomic mass is 10.4. The summed E-state index contributed by atoms with van der Waals surface area (Å²) < 4.78 is 7.06. The van der Waals surface area contributed by atoms with Crippen LogP contribution in [-0.4, -0.2) is 15.7 Å². The van der Waals surface area contributed by atoms with Crippen molar-refractivity contribution in [1.29, 1.82) is 0 Å². The summed E-state index contributed by atoms with van der Waals surface area (Å²) in [5.74, 6) is 0. The van der Waals surface area contributed by atoms with Gasteiger partial charge in [0.25, 0.3) is 11.6 Å². The van der Waals surface area contributed by atoms with E-state index < -0.39 is 0 Å². The van der Waals surface area contributed by atoms with Crippen LogP contribution in [0.25, 0.3) is 0 Å². The van der Waals surface area contributed by atoms with Gasteiger partial charge in [0.05, 0.1) is 6.54 Å². The molecule has 2 rings (SSSR count). The summed E-state index contributed by atoms with van der Waals surface area (Å²) in [4.78, 5) is 14.4. The van der Waals surface area contributed by atoms with Crippen LogP contribution >= 0.6 is 0 Å². The highest BCUT2D eigenvalue weighted by Crippen LogP contribution is 2.15. The largest absolute Gasteiger partial charge is 0.460 e. The third-order valence-electron chi connectivity index (χ3n) is 1.61. The summed E-state index contributed by atoms with van der Waals surface area (Å²) in [6, 6.07) is 1.87. The minimum Gasteiger partial charge on any atom is -0.460 e. The molecule has 1 aliphatic heterocycles. The van der Waals surface area contributed by atoms with Crippen molar-refractivity contribution in [1.82, 2.24) is 9.55 Å². The molecule has 0 radical (unpaired) electrons. The van der Waals surface area contributed by atoms with Gasteiger partial charge in [-0.15, -0.1) is 0 Å². The van der Waals surface area contributed by atoms with E-state index in [9.17, 15) is 4.79 Å². The van der Waals surface area contributed by atoms with Crippen LogP contribution < -0.4 is 10.3 Å². The van der Waals surface area contributed by atoms with Gasteiger partial charge in [0.15, 0.2) is 0 Å². The molecule has 4 nitrogen and oxygen atoms in total. The molecule has 4 heteroatoms. The lowest BCUT2D eigenvalue weighted by molar-refractivity contribution is 0.245. The first kappa shape index (κ1) is 6.39. The standard InChI is InChI=1S/C7H8N2O2/c1-5-4-9-3-2-6(10)8-7(9)11-5/h2-3,5H,4H2,1H3/t5-/m0/s1. The Morgan fingerprint density at radius 3 is 3.45 bits per heavy atom. The smallest absolute Gasteiger partial charge is 0.300 e. The van der Waals surface area contributed by atoms with Crippen LogP contribution in [0.15, 0.2) is 17.1 Å². The van der Waals surface area contributed by atoms with E-state index in [-0.39, 0.29) is 11.7 Å². The van der Waals surface area contributed by atoms with E-state index in [1.54, 1.807) is 6.20 Å². The van der Waals surface area contributed by atoms with Gasteiger partial charge >= 0.3 is 0 Å². The van der Waals surface area contributed by atoms with Crippen LogP contribution in [0.4, 0.5) is 0 Å². The van der Waals surface area contributed by atoms with Crippen molar-refractivity contribution in [2.45, 2.75) is 19.6 Å². The molecule has 1 atom stereocenters. The van der Waals surface area contributed by atoms with Crippen LogP contribution in [0.2, 0.25) is 0 Å². The molecule has 1 aromatic rings. The lowest BCUT2D eigenvalue weighted by Gasteiger charge is -1.96. The molecular formula is C7H8N2O2. The van der Waals surface area contributed by atoms with E-state index in [1.807, 2.05) is 11.5 Å². The second kappa shape index (κ2) is 2.08. The summed E-state index contributed by atoms with van der Waals surface area (Å²) in [5.41, 5.74) is -0.245. The minimum atomic E-state index is -0.245. The third-order valence-corrected chi connectivity index (χ3v) is 1.61. The van der Waals surface area contributed by atoms with Gasteiger partial charge in [-0.05, 0) is 6.92 Å². The van der Waals surface area contributed by atoms with Crippen molar-refractivity contribution >= 4 is 0 Å². The van der Waals surface area contributed by atoms with Gasteiger partial charge in [-0.25, -0.2) is 0 Å². The molecule has 0 fully saturated rings. The van der Waals surface area contributed by atoms with Gasteiger partial charge in [-0.3, -0.25) is 9.36 Å². The Balaban J connectivity index is 2.51. The summed E-state index contributed by atoms with van der Waals surface area (Å²) in [7, 11) is 0. The van der Waals surface area contributed by atoms with Crippen LogP contribution in [0, 0.1) is 0 Å². The topological polar surface area (TPSA) is 44.1 Å². The maximum atomic E-state index is 10.7. The highest BCUT2D eigenvalue weighted by molar-refractivity contribution is 5.03. The van der Waals surface area contributed by atoms with E-state index >= 15 is 0 Å². The number of ether oxygens (including phenoxy) is 1. The Kier molecular flexibility index (Phi) is 1.21. The van der Waals surface area contributed by atoms with Crippen LogP contribution in [0.1, 0.15) is 6.92 Å². The van der Waals surface area contributed by atoms with Crippen LogP contribution in [-0.2, 0) is 6.54 Å². The summed E-state index contributed by atoms with van der Waals surface area (Å²) in [6.07, 6.45) is 1.83. The number of hydrogen-bond donors (Lipinski definition) is 0. The average Bonchev–Trinajstić information content (AvgIpc) is 2.27. The molecule has 0 aliphatic carbocycles. The van der Waals surface area contributed by atoms with E-state index in [4.69, 9.17) is 4.74 Å². The molecule has 0 aromatic carbocycles. The van der Waals surface area contributed by atoms with Crippen LogP contribution in [0.3, 0.4) is 0 Å². The monoisotopic (exact) mass is 152 g/mol. The lowest BCUT2D eigenvalue weighted by Crippen LogP contribution is -2.07. The molecule has 0 spiro atoms. The Morgan fingerprint density at radius 1 is 1.82 bits per heavy atom. The SMILES string of the molecule is C[C@H]1Cn2ccc(=O)nc2O1. The number of nitrogens with zero attached hydrogens (tertiary/aromatic N) is 2. The molecule has 0 N–H and O–H groups in total. The van der Waals surface area contributed by atoms with Crippen molar-refractivity contribution in [2.24, 2.45) is 0 Å². The molecule has 1 aromatic heterocycles. The first-order chi connectivity index (χ1) is 5.25. The summed E-state index contributed by atoms with van der Waals surface area (Å²) >= 11 is 0. The third kappa shape index (κ3) is 1.00. The first-order valence-corrected chi connectivity index (χ1v) is 3.50. The first-order valence-electron chi connectivity index (χ1n) is 3.50. The van der Waals surface area contributed by atoms with Gasteiger partial charge in [0, 0.05) is 12.3 Å². The molecule has 11 heavy (non-hydrogen) atoms. The molecular weight excluding hydrogens is 144 g/mol. The summed E-state index contributed by atoms with van der Waals surface area (Å²) in [5, 5.41) is 0. The maximum absolute atomic E-state index is 10.7. The zero-order chi connectivity index (χ0) is 7.84. The zero-order valence-corrected chi connectivity index (χ0v) is 6.15. The zero-order valence-electron chi connectivity index (χ0n) is 6.15. The van der Waals surface area contributed by atoms with Gasteiger partial charge < -0.3 is 4.74 Å². The molecule has 0 saturated carbocycles. The fraction of sp³-hybridized carbons (Fsp3) is 0.429. The molecule has 2 heterocycles. The van der Waals surface area contributed by atoms with Gasteiger partial charge in [0.2, 0.25) is 0 Å². The predicted molar refractivity (Wildman–Crippen MR) is 38.6 cm³/mol. The second-order valence-electron chi connectivity index (χ2n) is 2.63. The van der Waals surface area contributed by atoms with E-state index in [2.05, 4.69) is 4.98 Å². The van der Waals surface area contributed by atoms with E-state index in [0.717, 1.165) is 6.54 Å². The molecule has 0 saturated heterocycles. The second-order valence-corrected chi connectivity index (χ2v) is 2.63. The van der Waals surface area contributed by atoms with Gasteiger partial charge in [0.1, 0.15) is 6.10 Å². The molecule has 0 bridgehead atoms. The number of hydrogen-bond acceptors (Lipinski definition) is 3. The number of aromatic nitrogens is 2. The highest BCUT2D eigenvalue weighted by atomic mass is 16.5. The van der Waals surface area contributed by atoms with Crippen molar-refractivity contribution in [3.05, 3.63) is 22.6 Å². The van der Waals surface area contributed by atoms with Crippen LogP contribution in [0.5, 0.6) is 6.01 Å². The quantitative estimate of drug-likeness (QED) is 0.526. The normalized spacial score (nSPS) is 21.0. The number of fused-ring (bicyclic) bond motifs is 1. The number of rotatable bonds is 0. The minimum absolute atomic E-state index is 0.129. The van der Waals surface area contributed by atoms with Crippen molar-refractivity contribution in [2.75, 3.05) is 0 Å². The molecule has 1 aliphatic rings.